The molecule has 3 aliphatic rings. The van der Waals surface area contributed by atoms with Crippen molar-refractivity contribution in [1.29, 1.82) is 0 Å². The predicted molar refractivity (Wildman–Crippen MR) is 110 cm³/mol. The Labute approximate surface area is 168 Å². The van der Waals surface area contributed by atoms with E-state index < -0.39 is 6.08 Å². The second-order valence-corrected chi connectivity index (χ2v) is 9.40. The minimum Gasteiger partial charge on any atom is -0.494 e. The lowest BCUT2D eigenvalue weighted by molar-refractivity contribution is 0.0802. The average molecular weight is 389 g/mol. The van der Waals surface area contributed by atoms with E-state index >= 15 is 0 Å². The van der Waals surface area contributed by atoms with Crippen molar-refractivity contribution in [1.82, 2.24) is 0 Å². The van der Waals surface area contributed by atoms with Crippen molar-refractivity contribution in [3.63, 3.8) is 0 Å². The van der Waals surface area contributed by atoms with Crippen LogP contribution in [-0.4, -0.2) is 6.61 Å². The lowest BCUT2D eigenvalue weighted by Crippen LogP contribution is -2.34. The highest BCUT2D eigenvalue weighted by atomic mass is 19.3. The maximum Gasteiger partial charge on any atom is 0.266 e. The van der Waals surface area contributed by atoms with Crippen molar-refractivity contribution < 1.29 is 13.5 Å². The highest BCUT2D eigenvalue weighted by molar-refractivity contribution is 5.37. The zero-order chi connectivity index (χ0) is 19.5. The lowest BCUT2D eigenvalue weighted by Gasteiger charge is -2.44. The first kappa shape index (κ1) is 19.9. The smallest absolute Gasteiger partial charge is 0.266 e. The third-order valence-electron chi connectivity index (χ3n) is 7.64. The van der Waals surface area contributed by atoms with Gasteiger partial charge < -0.3 is 4.74 Å². The van der Waals surface area contributed by atoms with Gasteiger partial charge in [-0.05, 0) is 123 Å². The van der Waals surface area contributed by atoms with Gasteiger partial charge in [0, 0.05) is 0 Å². The van der Waals surface area contributed by atoms with Gasteiger partial charge in [0.1, 0.15) is 5.75 Å². The summed E-state index contributed by atoms with van der Waals surface area (Å²) in [5.41, 5.74) is 3.01. The molecule has 28 heavy (non-hydrogen) atoms. The van der Waals surface area contributed by atoms with E-state index in [1.807, 2.05) is 0 Å². The van der Waals surface area contributed by atoms with E-state index in [1.54, 1.807) is 0 Å². The van der Waals surface area contributed by atoms with Gasteiger partial charge in [-0.3, -0.25) is 0 Å². The van der Waals surface area contributed by atoms with Crippen LogP contribution < -0.4 is 4.74 Å². The van der Waals surface area contributed by atoms with E-state index in [4.69, 9.17) is 4.74 Å². The summed E-state index contributed by atoms with van der Waals surface area (Å²) < 4.78 is 31.0. The molecule has 1 aromatic carbocycles. The molecule has 0 aromatic heterocycles. The Bertz CT molecular complexity index is 694. The molecule has 2 saturated carbocycles. The minimum atomic E-state index is -1.48. The fourth-order valence-electron chi connectivity index (χ4n) is 6.19. The number of aryl methyl sites for hydroxylation is 1. The molecule has 5 atom stereocenters. The van der Waals surface area contributed by atoms with Gasteiger partial charge in [0.15, 0.2) is 0 Å². The topological polar surface area (TPSA) is 9.23 Å². The summed E-state index contributed by atoms with van der Waals surface area (Å²) in [5.74, 6) is 4.23. The first-order valence-electron chi connectivity index (χ1n) is 11.4. The van der Waals surface area contributed by atoms with E-state index in [0.717, 1.165) is 55.8 Å². The molecule has 2 fully saturated rings. The third-order valence-corrected chi connectivity index (χ3v) is 7.64. The van der Waals surface area contributed by atoms with Crippen molar-refractivity contribution >= 4 is 0 Å². The van der Waals surface area contributed by atoms with Gasteiger partial charge >= 0.3 is 0 Å². The molecule has 0 aliphatic heterocycles. The highest BCUT2D eigenvalue weighted by Gasteiger charge is 2.38. The van der Waals surface area contributed by atoms with Crippen LogP contribution in [0.15, 0.2) is 30.4 Å². The molecule has 4 rings (SSSR count). The van der Waals surface area contributed by atoms with Gasteiger partial charge in [0.2, 0.25) is 0 Å². The summed E-state index contributed by atoms with van der Waals surface area (Å²) in [6.45, 7) is 2.93. The zero-order valence-electron chi connectivity index (χ0n) is 17.1. The predicted octanol–water partition coefficient (Wildman–Crippen LogP) is 7.19. The van der Waals surface area contributed by atoms with Crippen molar-refractivity contribution in [3.8, 4) is 5.75 Å². The molecule has 0 spiro atoms. The Morgan fingerprint density at radius 2 is 1.71 bits per heavy atom. The van der Waals surface area contributed by atoms with Crippen molar-refractivity contribution in [2.24, 2.45) is 29.6 Å². The summed E-state index contributed by atoms with van der Waals surface area (Å²) in [6, 6.07) is 6.70. The van der Waals surface area contributed by atoms with Crippen LogP contribution in [0.2, 0.25) is 0 Å². The summed E-state index contributed by atoms with van der Waals surface area (Å²) in [6.07, 6.45) is 11.4. The Balaban J connectivity index is 1.34. The molecule has 1 aromatic rings. The van der Waals surface area contributed by atoms with Crippen molar-refractivity contribution in [2.75, 3.05) is 6.61 Å². The standard InChI is InChI=1S/C25H34F2O/c1-2-11-28-24-10-9-22-15-21(7-8-23(22)16-24)20-6-5-18-12-17(13-25(26)27)3-4-19(18)14-20/h9-10,13,16-21H,2-8,11-12,14-15H2,1H3. The Hall–Kier alpha value is -1.38. The fraction of sp³-hybridized carbons (Fsp3) is 0.680. The van der Waals surface area contributed by atoms with E-state index in [2.05, 4.69) is 25.1 Å². The quantitative estimate of drug-likeness (QED) is 0.518. The highest BCUT2D eigenvalue weighted by Crippen LogP contribution is 2.48. The number of hydrogen-bond acceptors (Lipinski definition) is 1. The minimum absolute atomic E-state index is 0.119. The maximum atomic E-state index is 12.6. The van der Waals surface area contributed by atoms with Gasteiger partial charge in [-0.25, -0.2) is 0 Å². The Morgan fingerprint density at radius 3 is 2.50 bits per heavy atom. The van der Waals surface area contributed by atoms with E-state index in [1.165, 1.54) is 55.7 Å². The SMILES string of the molecule is CCCOc1ccc2c(c1)CCC(C1CCC3CC(C=C(F)F)CCC3C1)C2. The van der Waals surface area contributed by atoms with E-state index in [0.29, 0.717) is 5.92 Å². The molecule has 0 heterocycles. The molecule has 154 valence electrons. The second kappa shape index (κ2) is 8.97. The van der Waals surface area contributed by atoms with Crippen LogP contribution in [0.25, 0.3) is 0 Å². The fourth-order valence-corrected chi connectivity index (χ4v) is 6.19. The second-order valence-electron chi connectivity index (χ2n) is 9.40. The molecular formula is C25H34F2O. The molecule has 3 heteroatoms. The Kier molecular flexibility index (Phi) is 6.38. The first-order chi connectivity index (χ1) is 13.6. The van der Waals surface area contributed by atoms with Gasteiger partial charge in [-0.2, -0.15) is 8.78 Å². The number of halogens is 2. The largest absolute Gasteiger partial charge is 0.494 e. The molecular weight excluding hydrogens is 354 g/mol. The van der Waals surface area contributed by atoms with Crippen LogP contribution in [0.4, 0.5) is 8.78 Å². The molecule has 0 N–H and O–H groups in total. The van der Waals surface area contributed by atoms with Crippen molar-refractivity contribution in [3.05, 3.63) is 41.5 Å². The van der Waals surface area contributed by atoms with Crippen LogP contribution >= 0.6 is 0 Å². The zero-order valence-corrected chi connectivity index (χ0v) is 17.1. The molecule has 0 bridgehead atoms. The number of allylic oxidation sites excluding steroid dienone is 1. The van der Waals surface area contributed by atoms with Crippen LogP contribution in [-0.2, 0) is 12.8 Å². The summed E-state index contributed by atoms with van der Waals surface area (Å²) in [7, 11) is 0. The molecule has 3 aliphatic carbocycles. The van der Waals surface area contributed by atoms with Crippen LogP contribution in [0.5, 0.6) is 5.75 Å². The maximum absolute atomic E-state index is 12.6. The number of rotatable bonds is 5. The monoisotopic (exact) mass is 388 g/mol. The van der Waals surface area contributed by atoms with Crippen LogP contribution in [0, 0.1) is 29.6 Å². The normalized spacial score (nSPS) is 32.2. The average Bonchev–Trinajstić information content (AvgIpc) is 2.71. The number of fused-ring (bicyclic) bond motifs is 2. The molecule has 0 amide bonds. The number of hydrogen-bond donors (Lipinski definition) is 0. The van der Waals surface area contributed by atoms with Crippen LogP contribution in [0.3, 0.4) is 0 Å². The van der Waals surface area contributed by atoms with Gasteiger partial charge in [-0.15, -0.1) is 0 Å². The van der Waals surface area contributed by atoms with Gasteiger partial charge in [0.25, 0.3) is 6.08 Å². The van der Waals surface area contributed by atoms with Gasteiger partial charge in [0.05, 0.1) is 6.61 Å². The number of ether oxygens (including phenoxy) is 1. The molecule has 5 unspecified atom stereocenters. The molecule has 1 nitrogen and oxygen atoms in total. The lowest BCUT2D eigenvalue weighted by atomic mass is 9.61. The van der Waals surface area contributed by atoms with E-state index in [9.17, 15) is 8.78 Å². The molecule has 0 radical (unpaired) electrons. The summed E-state index contributed by atoms with van der Waals surface area (Å²) in [5, 5.41) is 0. The summed E-state index contributed by atoms with van der Waals surface area (Å²) in [4.78, 5) is 0. The third kappa shape index (κ3) is 4.60. The molecule has 0 saturated heterocycles. The number of benzene rings is 1. The van der Waals surface area contributed by atoms with E-state index in [-0.39, 0.29) is 5.92 Å². The summed E-state index contributed by atoms with van der Waals surface area (Å²) >= 11 is 0. The van der Waals surface area contributed by atoms with Crippen LogP contribution in [0.1, 0.15) is 69.4 Å². The Morgan fingerprint density at radius 1 is 0.964 bits per heavy atom. The first-order valence-corrected chi connectivity index (χ1v) is 11.4. The van der Waals surface area contributed by atoms with Gasteiger partial charge in [-0.1, -0.05) is 13.0 Å². The van der Waals surface area contributed by atoms with Crippen molar-refractivity contribution in [2.45, 2.75) is 71.1 Å².